The second-order valence-electron chi connectivity index (χ2n) is 5.87. The zero-order valence-corrected chi connectivity index (χ0v) is 15.5. The van der Waals surface area contributed by atoms with E-state index in [0.29, 0.717) is 10.7 Å². The van der Waals surface area contributed by atoms with Gasteiger partial charge in [0.25, 0.3) is 5.91 Å². The van der Waals surface area contributed by atoms with Crippen LogP contribution in [-0.4, -0.2) is 30.6 Å². The molecule has 7 nitrogen and oxygen atoms in total. The average molecular weight is 390 g/mol. The summed E-state index contributed by atoms with van der Waals surface area (Å²) < 4.78 is 5.03. The molecule has 0 spiro atoms. The van der Waals surface area contributed by atoms with Crippen molar-refractivity contribution in [2.75, 3.05) is 11.9 Å². The molecule has 0 aliphatic rings. The van der Waals surface area contributed by atoms with Gasteiger partial charge in [-0.05, 0) is 36.2 Å². The highest BCUT2D eigenvalue weighted by Crippen LogP contribution is 2.19. The van der Waals surface area contributed by atoms with Crippen molar-refractivity contribution >= 4 is 35.2 Å². The number of halogens is 1. The highest BCUT2D eigenvalue weighted by Gasteiger charge is 2.22. The molecule has 0 aliphatic heterocycles. The molecule has 0 saturated heterocycles. The molecule has 0 aliphatic carbocycles. The number of amides is 3. The van der Waals surface area contributed by atoms with Crippen LogP contribution >= 0.6 is 11.6 Å². The molecule has 0 saturated carbocycles. The van der Waals surface area contributed by atoms with E-state index in [1.165, 1.54) is 0 Å². The summed E-state index contributed by atoms with van der Waals surface area (Å²) in [6, 6.07) is 12.2. The zero-order chi connectivity index (χ0) is 19.8. The number of aryl methyl sites for hydroxylation is 1. The van der Waals surface area contributed by atoms with Crippen LogP contribution in [0.15, 0.2) is 48.5 Å². The van der Waals surface area contributed by atoms with Crippen LogP contribution in [0.25, 0.3) is 0 Å². The number of nitrogens with one attached hydrogen (secondary N) is 2. The van der Waals surface area contributed by atoms with Crippen LogP contribution in [0.5, 0.6) is 0 Å². The highest BCUT2D eigenvalue weighted by molar-refractivity contribution is 6.30. The van der Waals surface area contributed by atoms with Crippen LogP contribution in [0.2, 0.25) is 5.02 Å². The van der Waals surface area contributed by atoms with Gasteiger partial charge in [0.15, 0.2) is 6.61 Å². The van der Waals surface area contributed by atoms with E-state index >= 15 is 0 Å². The van der Waals surface area contributed by atoms with Gasteiger partial charge in [0.1, 0.15) is 6.04 Å². The number of urea groups is 1. The first kappa shape index (κ1) is 20.3. The summed E-state index contributed by atoms with van der Waals surface area (Å²) in [6.45, 7) is 1.30. The third-order valence-electron chi connectivity index (χ3n) is 3.69. The van der Waals surface area contributed by atoms with E-state index in [2.05, 4.69) is 10.6 Å². The lowest BCUT2D eigenvalue weighted by atomic mass is 10.1. The summed E-state index contributed by atoms with van der Waals surface area (Å²) in [5, 5.41) is 5.52. The van der Waals surface area contributed by atoms with Gasteiger partial charge >= 0.3 is 12.0 Å². The monoisotopic (exact) mass is 389 g/mol. The number of carbonyl (C=O) groups is 3. The molecule has 4 N–H and O–H groups in total. The van der Waals surface area contributed by atoms with E-state index in [1.807, 2.05) is 18.2 Å². The minimum atomic E-state index is -0.991. The Kier molecular flexibility index (Phi) is 7.19. The first-order valence-corrected chi connectivity index (χ1v) is 8.55. The lowest BCUT2D eigenvalue weighted by Crippen LogP contribution is -2.46. The van der Waals surface area contributed by atoms with Gasteiger partial charge < -0.3 is 21.1 Å². The molecule has 0 unspecified atom stereocenters. The van der Waals surface area contributed by atoms with Crippen molar-refractivity contribution in [3.05, 3.63) is 64.7 Å². The van der Waals surface area contributed by atoms with Crippen LogP contribution in [-0.2, 0) is 20.7 Å². The van der Waals surface area contributed by atoms with Crippen molar-refractivity contribution in [3.63, 3.8) is 0 Å². The number of hydrogen-bond donors (Lipinski definition) is 3. The van der Waals surface area contributed by atoms with Crippen LogP contribution < -0.4 is 16.4 Å². The third kappa shape index (κ3) is 6.63. The number of primary amides is 1. The summed E-state index contributed by atoms with van der Waals surface area (Å²) in [4.78, 5) is 35.4. The largest absolute Gasteiger partial charge is 0.454 e. The first-order chi connectivity index (χ1) is 12.8. The topological polar surface area (TPSA) is 111 Å². The third-order valence-corrected chi connectivity index (χ3v) is 3.93. The van der Waals surface area contributed by atoms with Crippen molar-refractivity contribution < 1.29 is 19.1 Å². The van der Waals surface area contributed by atoms with Crippen molar-refractivity contribution in [2.24, 2.45) is 5.73 Å². The zero-order valence-electron chi connectivity index (χ0n) is 14.7. The van der Waals surface area contributed by atoms with Gasteiger partial charge in [0.05, 0.1) is 0 Å². The molecule has 0 bridgehead atoms. The van der Waals surface area contributed by atoms with Gasteiger partial charge in [0.2, 0.25) is 0 Å². The number of benzene rings is 2. The fourth-order valence-corrected chi connectivity index (χ4v) is 2.63. The Morgan fingerprint density at radius 3 is 2.48 bits per heavy atom. The van der Waals surface area contributed by atoms with Gasteiger partial charge in [-0.1, -0.05) is 41.9 Å². The maximum atomic E-state index is 12.3. The number of rotatable bonds is 7. The Balaban J connectivity index is 1.93. The van der Waals surface area contributed by atoms with E-state index in [-0.39, 0.29) is 6.42 Å². The average Bonchev–Trinajstić information content (AvgIpc) is 2.62. The number of anilines is 1. The molecule has 8 heteroatoms. The molecule has 2 rings (SSSR count). The summed E-state index contributed by atoms with van der Waals surface area (Å²) >= 11 is 5.87. The molecule has 2 aromatic carbocycles. The van der Waals surface area contributed by atoms with E-state index in [4.69, 9.17) is 22.1 Å². The van der Waals surface area contributed by atoms with Gasteiger partial charge in [0, 0.05) is 17.1 Å². The lowest BCUT2D eigenvalue weighted by Gasteiger charge is -2.16. The second kappa shape index (κ2) is 9.59. The Hall–Kier alpha value is -3.06. The molecule has 0 radical (unpaired) electrons. The molecule has 3 amide bonds. The summed E-state index contributed by atoms with van der Waals surface area (Å²) in [7, 11) is 0. The van der Waals surface area contributed by atoms with E-state index in [1.54, 1.807) is 37.3 Å². The highest BCUT2D eigenvalue weighted by atomic mass is 35.5. The predicted molar refractivity (Wildman–Crippen MR) is 102 cm³/mol. The standard InChI is InChI=1S/C19H20ClN3O4/c1-12-9-14(20)7-8-15(12)22-17(24)11-27-18(25)16(23-19(21)26)10-13-5-3-2-4-6-13/h2-9,16H,10-11H2,1H3,(H,22,24)(H3,21,23,26)/t16-/m0/s1. The van der Waals surface area contributed by atoms with E-state index < -0.39 is 30.6 Å². The van der Waals surface area contributed by atoms with Crippen molar-refractivity contribution in [3.8, 4) is 0 Å². The minimum absolute atomic E-state index is 0.195. The molecule has 2 aromatic rings. The van der Waals surface area contributed by atoms with Crippen LogP contribution in [0.3, 0.4) is 0 Å². The smallest absolute Gasteiger partial charge is 0.329 e. The Bertz CT molecular complexity index is 827. The fraction of sp³-hybridized carbons (Fsp3) is 0.211. The van der Waals surface area contributed by atoms with Crippen molar-refractivity contribution in [1.82, 2.24) is 5.32 Å². The molecular formula is C19H20ClN3O4. The van der Waals surface area contributed by atoms with Crippen molar-refractivity contribution in [1.29, 1.82) is 0 Å². The maximum absolute atomic E-state index is 12.3. The molecule has 0 heterocycles. The fourth-order valence-electron chi connectivity index (χ4n) is 2.41. The number of hydrogen-bond acceptors (Lipinski definition) is 4. The Labute approximate surface area is 161 Å². The number of ether oxygens (including phenoxy) is 1. The second-order valence-corrected chi connectivity index (χ2v) is 6.30. The van der Waals surface area contributed by atoms with E-state index in [9.17, 15) is 14.4 Å². The van der Waals surface area contributed by atoms with Gasteiger partial charge in [-0.3, -0.25) is 4.79 Å². The Morgan fingerprint density at radius 1 is 1.15 bits per heavy atom. The minimum Gasteiger partial charge on any atom is -0.454 e. The normalized spacial score (nSPS) is 11.3. The van der Waals surface area contributed by atoms with Crippen LogP contribution in [0.4, 0.5) is 10.5 Å². The van der Waals surface area contributed by atoms with E-state index in [0.717, 1.165) is 11.1 Å². The molecule has 0 aromatic heterocycles. The number of carbonyl (C=O) groups excluding carboxylic acids is 3. The lowest BCUT2D eigenvalue weighted by molar-refractivity contribution is -0.149. The predicted octanol–water partition coefficient (Wildman–Crippen LogP) is 2.41. The summed E-state index contributed by atoms with van der Waals surface area (Å²) in [6.07, 6.45) is 0.195. The van der Waals surface area contributed by atoms with Crippen molar-refractivity contribution in [2.45, 2.75) is 19.4 Å². The molecule has 142 valence electrons. The molecule has 1 atom stereocenters. The summed E-state index contributed by atoms with van der Waals surface area (Å²) in [5.74, 6) is -1.26. The van der Waals surface area contributed by atoms with Gasteiger partial charge in [-0.25, -0.2) is 9.59 Å². The SMILES string of the molecule is Cc1cc(Cl)ccc1NC(=O)COC(=O)[C@H](Cc1ccccc1)NC(N)=O. The van der Waals surface area contributed by atoms with Gasteiger partial charge in [-0.15, -0.1) is 0 Å². The number of nitrogens with two attached hydrogens (primary N) is 1. The maximum Gasteiger partial charge on any atom is 0.329 e. The Morgan fingerprint density at radius 2 is 1.85 bits per heavy atom. The quantitative estimate of drug-likeness (QED) is 0.631. The van der Waals surface area contributed by atoms with Crippen LogP contribution in [0, 0.1) is 6.92 Å². The van der Waals surface area contributed by atoms with Crippen LogP contribution in [0.1, 0.15) is 11.1 Å². The van der Waals surface area contributed by atoms with Gasteiger partial charge in [-0.2, -0.15) is 0 Å². The first-order valence-electron chi connectivity index (χ1n) is 8.17. The molecular weight excluding hydrogens is 370 g/mol. The molecule has 27 heavy (non-hydrogen) atoms. The summed E-state index contributed by atoms with van der Waals surface area (Å²) in [5.41, 5.74) is 7.28. The number of esters is 1. The molecule has 0 fully saturated rings.